The van der Waals surface area contributed by atoms with Gasteiger partial charge in [-0.3, -0.25) is 0 Å². The van der Waals surface area contributed by atoms with E-state index >= 15 is 35.1 Å². The van der Waals surface area contributed by atoms with Gasteiger partial charge in [0.2, 0.25) is 0 Å². The van der Waals surface area contributed by atoms with Crippen LogP contribution in [0.25, 0.3) is 10.8 Å². The van der Waals surface area contributed by atoms with E-state index in [9.17, 15) is 71.0 Å². The van der Waals surface area contributed by atoms with Crippen LogP contribution in [0.3, 0.4) is 0 Å². The molecule has 516 valence electrons. The van der Waals surface area contributed by atoms with Gasteiger partial charge >= 0.3 is 5.51 Å². The van der Waals surface area contributed by atoms with Crippen LogP contribution in [0.15, 0.2) is 211 Å². The van der Waals surface area contributed by atoms with E-state index in [1.165, 1.54) is 45.7 Å². The third kappa shape index (κ3) is 15.4. The average Bonchev–Trinajstić information content (AvgIpc) is 0.681. The number of hydrogen-bond acceptors (Lipinski definition) is 5. The van der Waals surface area contributed by atoms with Crippen LogP contribution in [0, 0.1) is 116 Å². The highest BCUT2D eigenvalue weighted by Gasteiger charge is 2.52. The molecule has 1 N–H and O–H groups in total. The number of rotatable bonds is 12. The van der Waals surface area contributed by atoms with E-state index in [0.29, 0.717) is 5.75 Å². The van der Waals surface area contributed by atoms with Crippen molar-refractivity contribution in [3.8, 4) is 5.75 Å². The zero-order valence-corrected chi connectivity index (χ0v) is 52.4. The van der Waals surface area contributed by atoms with Gasteiger partial charge in [0, 0.05) is 26.2 Å². The van der Waals surface area contributed by atoms with Gasteiger partial charge in [-0.2, -0.15) is 13.2 Å². The Kier molecular flexibility index (Phi) is 23.7. The third-order valence-electron chi connectivity index (χ3n) is 14.5. The molecule has 32 heteroatoms. The summed E-state index contributed by atoms with van der Waals surface area (Å²) in [7, 11) is -6.03. The van der Waals surface area contributed by atoms with Crippen LogP contribution >= 0.6 is 11.8 Å². The molecule has 11 aromatic rings. The Balaban J connectivity index is 0.000000193. The normalized spacial score (nSPS) is 11.9. The fourth-order valence-corrected chi connectivity index (χ4v) is 14.5. The Bertz CT molecular complexity index is 4470. The molecule has 11 aromatic carbocycles. The van der Waals surface area contributed by atoms with Crippen molar-refractivity contribution in [1.29, 1.82) is 0 Å². The van der Waals surface area contributed by atoms with Gasteiger partial charge in [-0.25, -0.2) is 96.2 Å². The lowest BCUT2D eigenvalue weighted by molar-refractivity contribution is -0.0518. The highest BCUT2D eigenvalue weighted by atomic mass is 32.2. The molecule has 1 unspecified atom stereocenters. The standard InChI is InChI=1S/C24BF20.C24H19S2.C18H16OS.CHF3O3S/c26-5-1(6(27)14(35)21(42)13(5)34)25(2-7(28)15(36)22(43)16(37)8(2)29,3-9(30)17(38)23(44)18(39)10(3)31)4-11(32)19(40)24(45)20(41)12(4)33;1-4-10-20(11-5-1)25-21-16-18-24(19-17-21)26(22-12-6-2-7-13-22)23-14-8-3-9-15-23;1-20(17-11-9-16(19)10-12-17)13-15-7-4-6-14-5-2-3-8-18(14)15;2-1(3,4)8(5,6)7/h;1-19H;2-12H,13H2,1H3;(H,5,6,7)/q-1;+1;;. The van der Waals surface area contributed by atoms with E-state index in [-0.39, 0.29) is 21.8 Å². The maximum atomic E-state index is 15.4. The predicted molar refractivity (Wildman–Crippen MR) is 324 cm³/mol. The molecule has 11 rings (SSSR count). The fraction of sp³-hybridized carbons (Fsp3) is 0.0448. The Labute approximate surface area is 555 Å². The van der Waals surface area contributed by atoms with Crippen molar-refractivity contribution < 1.29 is 119 Å². The molecule has 4 nitrogen and oxygen atoms in total. The van der Waals surface area contributed by atoms with E-state index in [4.69, 9.17) is 13.0 Å². The Morgan fingerprint density at radius 1 is 0.364 bits per heavy atom. The summed E-state index contributed by atoms with van der Waals surface area (Å²) in [6, 6.07) is 63.7. The molecule has 1 atom stereocenters. The number of halogens is 23. The molecule has 99 heavy (non-hydrogen) atoms. The topological polar surface area (TPSA) is 77.4 Å². The number of phenols is 1. The smallest absolute Gasteiger partial charge is 0.485 e. The first-order valence-electron chi connectivity index (χ1n) is 27.4. The quantitative estimate of drug-likeness (QED) is 0.0251. The van der Waals surface area contributed by atoms with Crippen LogP contribution in [0.4, 0.5) is 101 Å². The van der Waals surface area contributed by atoms with Crippen LogP contribution in [-0.4, -0.2) is 36.0 Å². The van der Waals surface area contributed by atoms with Crippen LogP contribution < -0.4 is 21.9 Å². The number of fused-ring (bicyclic) bond motifs is 1. The minimum Gasteiger partial charge on any atom is -0.741 e. The lowest BCUT2D eigenvalue weighted by Gasteiger charge is -2.44. The van der Waals surface area contributed by atoms with Gasteiger partial charge in [-0.15, -0.1) is 21.9 Å². The van der Waals surface area contributed by atoms with Gasteiger partial charge in [0.05, 0.1) is 10.9 Å². The predicted octanol–water partition coefficient (Wildman–Crippen LogP) is 17.2. The van der Waals surface area contributed by atoms with Crippen LogP contribution in [0.5, 0.6) is 5.75 Å². The molecule has 0 aromatic heterocycles. The summed E-state index contributed by atoms with van der Waals surface area (Å²) in [6.07, 6.45) is -4.96. The van der Waals surface area contributed by atoms with Crippen molar-refractivity contribution >= 4 is 82.4 Å². The first-order valence-corrected chi connectivity index (χ1v) is 32.7. The molecule has 0 fully saturated rings. The van der Waals surface area contributed by atoms with Crippen molar-refractivity contribution in [2.75, 3.05) is 6.26 Å². The molecule has 0 amide bonds. The van der Waals surface area contributed by atoms with Crippen LogP contribution in [-0.2, 0) is 37.7 Å². The van der Waals surface area contributed by atoms with Crippen molar-refractivity contribution in [2.24, 2.45) is 0 Å². The summed E-state index contributed by atoms with van der Waals surface area (Å²) in [5, 5.41) is 12.0. The summed E-state index contributed by atoms with van der Waals surface area (Å²) in [5.41, 5.74) is -18.6. The number of phenolic OH excluding ortho intramolecular Hbond substituents is 1. The number of aromatic hydroxyl groups is 1. The molecule has 0 heterocycles. The summed E-state index contributed by atoms with van der Waals surface area (Å²) >= 11 is 1.80. The Morgan fingerprint density at radius 2 is 0.636 bits per heavy atom. The summed E-state index contributed by atoms with van der Waals surface area (Å²) in [5.74, 6) is -70.0. The Hall–Kier alpha value is -9.11. The molecule has 0 radical (unpaired) electrons. The van der Waals surface area contributed by atoms with Crippen LogP contribution in [0.2, 0.25) is 0 Å². The molecule has 0 aliphatic rings. The molecule has 0 saturated heterocycles. The molecule has 0 saturated carbocycles. The molecule has 0 aliphatic heterocycles. The maximum absolute atomic E-state index is 15.4. The second kappa shape index (κ2) is 31.0. The van der Waals surface area contributed by atoms with E-state index in [1.54, 1.807) is 23.9 Å². The van der Waals surface area contributed by atoms with Gasteiger partial charge in [-0.05, 0) is 95.7 Å². The monoisotopic (exact) mass is 1480 g/mol. The number of alkyl halides is 3. The van der Waals surface area contributed by atoms with Crippen molar-refractivity contribution in [2.45, 2.75) is 40.6 Å². The average molecular weight is 1480 g/mol. The SMILES string of the molecule is C[S+](Cc1cccc2ccccc12)c1ccc(O)cc1.Fc1c(F)c(F)c([B-](c2c(F)c(F)c(F)c(F)c2F)(c2c(F)c(F)c(F)c(F)c2F)c2c(F)c(F)c(F)c(F)c2F)c(F)c1F.O=S(=O)([O-])C(F)(F)F.c1ccc(Sc2ccc([S+](c3ccccc3)c3ccccc3)cc2)cc1. The highest BCUT2D eigenvalue weighted by molar-refractivity contribution is 7.99. The van der Waals surface area contributed by atoms with Gasteiger partial charge in [0.25, 0.3) is 0 Å². The van der Waals surface area contributed by atoms with E-state index in [1.807, 2.05) is 12.1 Å². The lowest BCUT2D eigenvalue weighted by Crippen LogP contribution is -2.81. The van der Waals surface area contributed by atoms with Gasteiger partial charge in [-0.1, -0.05) is 109 Å². The molecule has 0 aliphatic carbocycles. The van der Waals surface area contributed by atoms with E-state index in [0.717, 1.165) is 5.75 Å². The van der Waals surface area contributed by atoms with Crippen molar-refractivity contribution in [3.05, 3.63) is 304 Å². The van der Waals surface area contributed by atoms with Gasteiger partial charge < -0.3 is 9.66 Å². The maximum Gasteiger partial charge on any atom is 0.485 e. The highest BCUT2D eigenvalue weighted by Crippen LogP contribution is 2.36. The first-order chi connectivity index (χ1) is 46.6. The zero-order chi connectivity index (χ0) is 72.9. The second-order valence-corrected chi connectivity index (χ2v) is 27.0. The number of benzene rings is 11. The minimum absolute atomic E-state index is 0.0786. The number of hydrogen-bond donors (Lipinski definition) is 1. The summed E-state index contributed by atoms with van der Waals surface area (Å²) in [6.45, 7) is 0. The van der Waals surface area contributed by atoms with Crippen molar-refractivity contribution in [1.82, 2.24) is 0 Å². The molecular weight excluding hydrogens is 1440 g/mol. The van der Waals surface area contributed by atoms with Gasteiger partial charge in [0.1, 0.15) is 70.4 Å². The van der Waals surface area contributed by atoms with E-state index < -0.39 is 160 Å². The van der Waals surface area contributed by atoms with E-state index in [2.05, 4.69) is 164 Å². The molecule has 0 bridgehead atoms. The third-order valence-corrected chi connectivity index (χ3v) is 20.1. The van der Waals surface area contributed by atoms with Crippen molar-refractivity contribution in [3.63, 3.8) is 0 Å². The molecular formula is C67H36BF23O4S4. The lowest BCUT2D eigenvalue weighted by atomic mass is 9.12. The fourth-order valence-electron chi connectivity index (χ4n) is 10.1. The largest absolute Gasteiger partial charge is 0.741 e. The van der Waals surface area contributed by atoms with Crippen LogP contribution in [0.1, 0.15) is 5.56 Å². The summed E-state index contributed by atoms with van der Waals surface area (Å²) < 4.78 is 353. The minimum atomic E-state index is -7.22. The Morgan fingerprint density at radius 3 is 0.980 bits per heavy atom. The second-order valence-electron chi connectivity index (χ2n) is 20.4. The summed E-state index contributed by atoms with van der Waals surface area (Å²) in [4.78, 5) is 7.87. The first kappa shape index (κ1) is 75.7. The molecule has 0 spiro atoms. The zero-order valence-electron chi connectivity index (χ0n) is 49.1. The van der Waals surface area contributed by atoms with Gasteiger partial charge in [0.15, 0.2) is 99.5 Å².